The van der Waals surface area contributed by atoms with Gasteiger partial charge in [0.1, 0.15) is 5.75 Å². The molecule has 1 heterocycles. The van der Waals surface area contributed by atoms with Gasteiger partial charge in [0.25, 0.3) is 5.91 Å². The summed E-state index contributed by atoms with van der Waals surface area (Å²) in [5.41, 5.74) is 2.50. The molecule has 0 fully saturated rings. The highest BCUT2D eigenvalue weighted by Gasteiger charge is 2.14. The molecule has 1 amide bonds. The van der Waals surface area contributed by atoms with Gasteiger partial charge in [0.2, 0.25) is 0 Å². The van der Waals surface area contributed by atoms with Crippen LogP contribution in [0, 0.1) is 6.92 Å². The van der Waals surface area contributed by atoms with Crippen molar-refractivity contribution >= 4 is 5.91 Å². The number of carbonyl (C=O) groups excluding carboxylic acids is 1. The lowest BCUT2D eigenvalue weighted by Crippen LogP contribution is -2.33. The average Bonchev–Trinajstić information content (AvgIpc) is 2.77. The molecule has 5 heteroatoms. The lowest BCUT2D eigenvalue weighted by Gasteiger charge is -2.13. The summed E-state index contributed by atoms with van der Waals surface area (Å²) >= 11 is 0. The van der Waals surface area contributed by atoms with Gasteiger partial charge in [0, 0.05) is 19.3 Å². The summed E-state index contributed by atoms with van der Waals surface area (Å²) in [6.45, 7) is 3.82. The van der Waals surface area contributed by atoms with Crippen molar-refractivity contribution in [3.63, 3.8) is 0 Å². The number of benzene rings is 1. The Morgan fingerprint density at radius 2 is 2.05 bits per heavy atom. The largest absolute Gasteiger partial charge is 0.508 e. The third-order valence-corrected chi connectivity index (χ3v) is 3.44. The lowest BCUT2D eigenvalue weighted by molar-refractivity contribution is 0.0938. The summed E-state index contributed by atoms with van der Waals surface area (Å²) in [5, 5.41) is 16.4. The van der Waals surface area contributed by atoms with Crippen molar-refractivity contribution in [1.82, 2.24) is 15.1 Å². The van der Waals surface area contributed by atoms with E-state index in [4.69, 9.17) is 0 Å². The number of hydrogen-bond acceptors (Lipinski definition) is 3. The van der Waals surface area contributed by atoms with E-state index in [-0.39, 0.29) is 17.7 Å². The molecule has 2 rings (SSSR count). The first-order valence-corrected chi connectivity index (χ1v) is 7.04. The van der Waals surface area contributed by atoms with Crippen LogP contribution in [0.5, 0.6) is 5.75 Å². The van der Waals surface area contributed by atoms with Crippen LogP contribution in [0.2, 0.25) is 0 Å². The Morgan fingerprint density at radius 3 is 2.62 bits per heavy atom. The van der Waals surface area contributed by atoms with Crippen LogP contribution in [0.1, 0.15) is 35.0 Å². The molecule has 0 unspecified atom stereocenters. The Hall–Kier alpha value is -2.30. The predicted octanol–water partition coefficient (Wildman–Crippen LogP) is 2.19. The van der Waals surface area contributed by atoms with Crippen LogP contribution in [0.4, 0.5) is 0 Å². The van der Waals surface area contributed by atoms with Crippen molar-refractivity contribution in [2.24, 2.45) is 7.05 Å². The van der Waals surface area contributed by atoms with Gasteiger partial charge >= 0.3 is 0 Å². The molecule has 2 N–H and O–H groups in total. The number of amides is 1. The van der Waals surface area contributed by atoms with Gasteiger partial charge in [-0.2, -0.15) is 5.10 Å². The normalized spacial score (nSPS) is 12.1. The summed E-state index contributed by atoms with van der Waals surface area (Å²) in [4.78, 5) is 12.1. The van der Waals surface area contributed by atoms with Crippen LogP contribution in [-0.4, -0.2) is 26.8 Å². The van der Waals surface area contributed by atoms with Crippen molar-refractivity contribution in [2.45, 2.75) is 32.7 Å². The summed E-state index contributed by atoms with van der Waals surface area (Å²) in [6, 6.07) is 7.23. The molecule has 1 aromatic heterocycles. The summed E-state index contributed by atoms with van der Waals surface area (Å²) in [5.74, 6) is 0.186. The summed E-state index contributed by atoms with van der Waals surface area (Å²) in [7, 11) is 1.80. The van der Waals surface area contributed by atoms with Crippen LogP contribution in [0.25, 0.3) is 0 Å². The highest BCUT2D eigenvalue weighted by atomic mass is 16.3. The maximum Gasteiger partial charge on any atom is 0.254 e. The molecule has 0 radical (unpaired) electrons. The molecule has 0 bridgehead atoms. The van der Waals surface area contributed by atoms with E-state index in [1.54, 1.807) is 30.1 Å². The van der Waals surface area contributed by atoms with Crippen LogP contribution in [0.3, 0.4) is 0 Å². The molecule has 0 saturated carbocycles. The highest BCUT2D eigenvalue weighted by molar-refractivity contribution is 5.95. The van der Waals surface area contributed by atoms with E-state index in [1.165, 1.54) is 0 Å². The van der Waals surface area contributed by atoms with Crippen molar-refractivity contribution in [3.8, 4) is 5.75 Å². The fraction of sp³-hybridized carbons (Fsp3) is 0.375. The number of rotatable bonds is 5. The van der Waals surface area contributed by atoms with E-state index in [1.807, 2.05) is 26.0 Å². The van der Waals surface area contributed by atoms with Gasteiger partial charge in [0.05, 0.1) is 11.3 Å². The second-order valence-electron chi connectivity index (χ2n) is 5.38. The molecule has 1 atom stereocenters. The third-order valence-electron chi connectivity index (χ3n) is 3.44. The zero-order chi connectivity index (χ0) is 15.4. The molecule has 0 aliphatic heterocycles. The number of carbonyl (C=O) groups is 1. The molecule has 5 nitrogen and oxygen atoms in total. The van der Waals surface area contributed by atoms with Gasteiger partial charge in [-0.3, -0.25) is 9.48 Å². The molecule has 1 aromatic carbocycles. The van der Waals surface area contributed by atoms with Crippen molar-refractivity contribution < 1.29 is 9.90 Å². The van der Waals surface area contributed by atoms with Crippen LogP contribution in [0.15, 0.2) is 30.5 Å². The Bertz CT molecular complexity index is 617. The second-order valence-corrected chi connectivity index (χ2v) is 5.38. The molecule has 0 aliphatic rings. The fourth-order valence-corrected chi connectivity index (χ4v) is 2.24. The smallest absolute Gasteiger partial charge is 0.254 e. The van der Waals surface area contributed by atoms with Crippen molar-refractivity contribution in [3.05, 3.63) is 47.3 Å². The van der Waals surface area contributed by atoms with E-state index in [0.717, 1.165) is 24.1 Å². The monoisotopic (exact) mass is 287 g/mol. The number of aromatic hydroxyl groups is 1. The minimum absolute atomic E-state index is 0.0749. The van der Waals surface area contributed by atoms with Gasteiger partial charge in [0.15, 0.2) is 0 Å². The number of hydrogen-bond donors (Lipinski definition) is 2. The molecule has 112 valence electrons. The fourth-order valence-electron chi connectivity index (χ4n) is 2.24. The van der Waals surface area contributed by atoms with Crippen molar-refractivity contribution in [2.75, 3.05) is 0 Å². The summed E-state index contributed by atoms with van der Waals surface area (Å²) < 4.78 is 1.64. The topological polar surface area (TPSA) is 67.2 Å². The van der Waals surface area contributed by atoms with E-state index in [0.29, 0.717) is 5.56 Å². The zero-order valence-electron chi connectivity index (χ0n) is 12.6. The Balaban J connectivity index is 1.86. The number of aromatic nitrogens is 2. The Labute approximate surface area is 124 Å². The molecular weight excluding hydrogens is 266 g/mol. The first-order valence-electron chi connectivity index (χ1n) is 7.04. The number of aryl methyl sites for hydroxylation is 3. The lowest BCUT2D eigenvalue weighted by atomic mass is 10.1. The maximum absolute atomic E-state index is 12.1. The first kappa shape index (κ1) is 15.1. The minimum Gasteiger partial charge on any atom is -0.508 e. The van der Waals surface area contributed by atoms with Gasteiger partial charge < -0.3 is 10.4 Å². The Morgan fingerprint density at radius 1 is 1.38 bits per heavy atom. The average molecular weight is 287 g/mol. The number of nitrogens with one attached hydrogen (secondary N) is 1. The molecule has 0 spiro atoms. The Kier molecular flexibility index (Phi) is 4.62. The standard InChI is InChI=1S/C16H21N3O2/c1-11(4-5-13-6-8-14(20)9-7-13)17-16(21)15-10-19(3)18-12(15)2/h6-11,20H,4-5H2,1-3H3,(H,17,21)/t11-/m1/s1. The maximum atomic E-state index is 12.1. The number of nitrogens with zero attached hydrogens (tertiary/aromatic N) is 2. The van der Waals surface area contributed by atoms with Gasteiger partial charge in [-0.15, -0.1) is 0 Å². The highest BCUT2D eigenvalue weighted by Crippen LogP contribution is 2.12. The van der Waals surface area contributed by atoms with Crippen LogP contribution < -0.4 is 5.32 Å². The van der Waals surface area contributed by atoms with Crippen molar-refractivity contribution in [1.29, 1.82) is 0 Å². The first-order chi connectivity index (χ1) is 9.95. The quantitative estimate of drug-likeness (QED) is 0.885. The zero-order valence-corrected chi connectivity index (χ0v) is 12.6. The van der Waals surface area contributed by atoms with E-state index in [9.17, 15) is 9.90 Å². The van der Waals surface area contributed by atoms with Gasteiger partial charge in [-0.25, -0.2) is 0 Å². The third kappa shape index (κ3) is 4.08. The SMILES string of the molecule is Cc1nn(C)cc1C(=O)N[C@H](C)CCc1ccc(O)cc1. The van der Waals surface area contributed by atoms with E-state index >= 15 is 0 Å². The molecule has 0 aliphatic carbocycles. The van der Waals surface area contributed by atoms with Gasteiger partial charge in [-0.05, 0) is 44.4 Å². The predicted molar refractivity (Wildman–Crippen MR) is 81.3 cm³/mol. The molecule has 0 saturated heterocycles. The molecule has 2 aromatic rings. The summed E-state index contributed by atoms with van der Waals surface area (Å²) in [6.07, 6.45) is 3.43. The second kappa shape index (κ2) is 6.43. The van der Waals surface area contributed by atoms with Crippen LogP contribution in [-0.2, 0) is 13.5 Å². The number of phenols is 1. The molecular formula is C16H21N3O2. The van der Waals surface area contributed by atoms with E-state index in [2.05, 4.69) is 10.4 Å². The minimum atomic E-state index is -0.0844. The molecule has 21 heavy (non-hydrogen) atoms. The van der Waals surface area contributed by atoms with Gasteiger partial charge in [-0.1, -0.05) is 12.1 Å². The van der Waals surface area contributed by atoms with E-state index < -0.39 is 0 Å². The number of phenolic OH excluding ortho intramolecular Hbond substituents is 1. The van der Waals surface area contributed by atoms with Crippen LogP contribution >= 0.6 is 0 Å².